The zero-order chi connectivity index (χ0) is 15.7. The van der Waals surface area contributed by atoms with Crippen molar-refractivity contribution in [2.75, 3.05) is 5.32 Å². The Morgan fingerprint density at radius 2 is 1.76 bits per heavy atom. The maximum Gasteiger partial charge on any atom is 0.319 e. The molecule has 116 valence electrons. The highest BCUT2D eigenvalue weighted by atomic mass is 32.1. The molecule has 3 N–H and O–H groups in total. The molecular formula is C16H25N3OS. The van der Waals surface area contributed by atoms with Crippen LogP contribution in [0, 0.1) is 0 Å². The van der Waals surface area contributed by atoms with Crippen molar-refractivity contribution < 1.29 is 4.79 Å². The van der Waals surface area contributed by atoms with E-state index in [1.54, 1.807) is 0 Å². The maximum absolute atomic E-state index is 12.2. The summed E-state index contributed by atoms with van der Waals surface area (Å²) in [7, 11) is 0. The zero-order valence-corrected chi connectivity index (χ0v) is 14.1. The van der Waals surface area contributed by atoms with Gasteiger partial charge in [0.05, 0.1) is 5.69 Å². The summed E-state index contributed by atoms with van der Waals surface area (Å²) in [4.78, 5) is 12.9. The monoisotopic (exact) mass is 307 g/mol. The van der Waals surface area contributed by atoms with Gasteiger partial charge in [-0.05, 0) is 52.7 Å². The van der Waals surface area contributed by atoms with E-state index in [-0.39, 0.29) is 23.2 Å². The molecule has 0 unspecified atom stereocenters. The van der Waals surface area contributed by atoms with Gasteiger partial charge in [-0.2, -0.15) is 0 Å². The molecule has 2 rings (SSSR count). The highest BCUT2D eigenvalue weighted by molar-refractivity contribution is 7.80. The molecule has 0 aromatic heterocycles. The lowest BCUT2D eigenvalue weighted by atomic mass is 9.80. The summed E-state index contributed by atoms with van der Waals surface area (Å²) >= 11 is 4.34. The van der Waals surface area contributed by atoms with Crippen LogP contribution in [0.3, 0.4) is 0 Å². The van der Waals surface area contributed by atoms with E-state index in [1.807, 2.05) is 24.3 Å². The van der Waals surface area contributed by atoms with Crippen molar-refractivity contribution in [3.63, 3.8) is 0 Å². The van der Waals surface area contributed by atoms with Crippen LogP contribution in [0.1, 0.15) is 40.5 Å². The van der Waals surface area contributed by atoms with E-state index in [0.29, 0.717) is 0 Å². The molecule has 21 heavy (non-hydrogen) atoms. The second-order valence-electron chi connectivity index (χ2n) is 7.11. The van der Waals surface area contributed by atoms with Crippen LogP contribution in [-0.4, -0.2) is 23.2 Å². The molecule has 0 spiro atoms. The van der Waals surface area contributed by atoms with E-state index in [2.05, 4.69) is 56.3 Å². The second-order valence-corrected chi connectivity index (χ2v) is 7.60. The van der Waals surface area contributed by atoms with Gasteiger partial charge >= 0.3 is 6.03 Å². The molecule has 1 heterocycles. The molecular weight excluding hydrogens is 282 g/mol. The van der Waals surface area contributed by atoms with Gasteiger partial charge in [-0.25, -0.2) is 4.79 Å². The Morgan fingerprint density at radius 3 is 2.33 bits per heavy atom. The van der Waals surface area contributed by atoms with Crippen molar-refractivity contribution in [1.29, 1.82) is 0 Å². The van der Waals surface area contributed by atoms with Gasteiger partial charge in [0.1, 0.15) is 0 Å². The maximum atomic E-state index is 12.2. The lowest BCUT2D eigenvalue weighted by molar-refractivity contribution is 0.149. The van der Waals surface area contributed by atoms with Gasteiger partial charge < -0.3 is 16.0 Å². The molecule has 1 aromatic carbocycles. The second kappa shape index (κ2) is 5.89. The molecule has 1 aliphatic heterocycles. The van der Waals surface area contributed by atoms with E-state index in [4.69, 9.17) is 0 Å². The van der Waals surface area contributed by atoms with Crippen molar-refractivity contribution in [3.05, 3.63) is 24.3 Å². The number of hydrogen-bond donors (Lipinski definition) is 4. The Hall–Kier alpha value is -1.20. The van der Waals surface area contributed by atoms with Gasteiger partial charge in [0, 0.05) is 22.0 Å². The molecule has 0 saturated carbocycles. The molecule has 1 fully saturated rings. The van der Waals surface area contributed by atoms with Gasteiger partial charge in [0.15, 0.2) is 0 Å². The largest absolute Gasteiger partial charge is 0.335 e. The van der Waals surface area contributed by atoms with E-state index in [1.165, 1.54) is 0 Å². The van der Waals surface area contributed by atoms with E-state index < -0.39 is 0 Å². The third-order valence-electron chi connectivity index (χ3n) is 3.68. The first-order chi connectivity index (χ1) is 9.67. The number of piperidine rings is 1. The van der Waals surface area contributed by atoms with Crippen LogP contribution in [0.15, 0.2) is 29.2 Å². The first-order valence-corrected chi connectivity index (χ1v) is 7.76. The molecule has 1 saturated heterocycles. The SMILES string of the molecule is CC1(C)CC(NC(=O)Nc2ccccc2S)CC(C)(C)N1. The lowest BCUT2D eigenvalue weighted by Gasteiger charge is -2.46. The summed E-state index contributed by atoms with van der Waals surface area (Å²) in [5.41, 5.74) is 0.758. The standard InChI is InChI=1S/C16H25N3OS/c1-15(2)9-11(10-16(3,4)19-15)17-14(20)18-12-7-5-6-8-13(12)21/h5-8,11,19,21H,9-10H2,1-4H3,(H2,17,18,20). The number of benzene rings is 1. The molecule has 0 atom stereocenters. The first kappa shape index (κ1) is 16.2. The zero-order valence-electron chi connectivity index (χ0n) is 13.2. The summed E-state index contributed by atoms with van der Waals surface area (Å²) in [6, 6.07) is 7.46. The summed E-state index contributed by atoms with van der Waals surface area (Å²) in [6.07, 6.45) is 1.82. The van der Waals surface area contributed by atoms with Crippen LogP contribution < -0.4 is 16.0 Å². The molecule has 2 amide bonds. The first-order valence-electron chi connectivity index (χ1n) is 7.32. The number of rotatable bonds is 2. The number of anilines is 1. The summed E-state index contributed by atoms with van der Waals surface area (Å²) in [5.74, 6) is 0. The third-order valence-corrected chi connectivity index (χ3v) is 4.07. The molecule has 1 aliphatic rings. The Balaban J connectivity index is 1.98. The predicted molar refractivity (Wildman–Crippen MR) is 90.2 cm³/mol. The molecule has 0 bridgehead atoms. The summed E-state index contributed by atoms with van der Waals surface area (Å²) in [5, 5.41) is 9.56. The average molecular weight is 307 g/mol. The Morgan fingerprint density at radius 1 is 1.19 bits per heavy atom. The predicted octanol–water partition coefficient (Wildman–Crippen LogP) is 3.41. The van der Waals surface area contributed by atoms with E-state index in [0.717, 1.165) is 23.4 Å². The minimum absolute atomic E-state index is 0.0150. The van der Waals surface area contributed by atoms with Crippen LogP contribution in [0.2, 0.25) is 0 Å². The normalized spacial score (nSPS) is 20.8. The van der Waals surface area contributed by atoms with E-state index >= 15 is 0 Å². The number of nitrogens with one attached hydrogen (secondary N) is 3. The van der Waals surface area contributed by atoms with Gasteiger partial charge in [-0.3, -0.25) is 0 Å². The molecule has 1 aromatic rings. The molecule has 4 nitrogen and oxygen atoms in total. The number of amides is 2. The molecule has 0 aliphatic carbocycles. The van der Waals surface area contributed by atoms with Gasteiger partial charge in [-0.15, -0.1) is 12.6 Å². The van der Waals surface area contributed by atoms with Crippen LogP contribution in [0.25, 0.3) is 0 Å². The minimum atomic E-state index is -0.171. The van der Waals surface area contributed by atoms with Gasteiger partial charge in [0.25, 0.3) is 0 Å². The third kappa shape index (κ3) is 4.64. The van der Waals surface area contributed by atoms with Gasteiger partial charge in [-0.1, -0.05) is 12.1 Å². The lowest BCUT2D eigenvalue weighted by Crippen LogP contribution is -2.62. The number of hydrogen-bond acceptors (Lipinski definition) is 3. The van der Waals surface area contributed by atoms with Crippen molar-refractivity contribution in [2.45, 2.75) is 62.6 Å². The number of thiol groups is 1. The summed E-state index contributed by atoms with van der Waals surface area (Å²) < 4.78 is 0. The summed E-state index contributed by atoms with van der Waals surface area (Å²) in [6.45, 7) is 8.68. The topological polar surface area (TPSA) is 53.2 Å². The quantitative estimate of drug-likeness (QED) is 0.633. The Kier molecular flexibility index (Phi) is 4.54. The van der Waals surface area contributed by atoms with Crippen molar-refractivity contribution >= 4 is 24.3 Å². The van der Waals surface area contributed by atoms with Crippen molar-refractivity contribution in [3.8, 4) is 0 Å². The highest BCUT2D eigenvalue weighted by Gasteiger charge is 2.38. The number of para-hydroxylation sites is 1. The minimum Gasteiger partial charge on any atom is -0.335 e. The fourth-order valence-electron chi connectivity index (χ4n) is 3.35. The van der Waals surface area contributed by atoms with Crippen LogP contribution in [-0.2, 0) is 0 Å². The molecule has 0 radical (unpaired) electrons. The van der Waals surface area contributed by atoms with Gasteiger partial charge in [0.2, 0.25) is 0 Å². The fraction of sp³-hybridized carbons (Fsp3) is 0.562. The van der Waals surface area contributed by atoms with Crippen molar-refractivity contribution in [2.24, 2.45) is 0 Å². The van der Waals surface area contributed by atoms with Crippen LogP contribution >= 0.6 is 12.6 Å². The van der Waals surface area contributed by atoms with Crippen LogP contribution in [0.5, 0.6) is 0 Å². The highest BCUT2D eigenvalue weighted by Crippen LogP contribution is 2.28. The fourth-order valence-corrected chi connectivity index (χ4v) is 3.56. The van der Waals surface area contributed by atoms with E-state index in [9.17, 15) is 4.79 Å². The van der Waals surface area contributed by atoms with Crippen molar-refractivity contribution in [1.82, 2.24) is 10.6 Å². The smallest absolute Gasteiger partial charge is 0.319 e. The van der Waals surface area contributed by atoms with Crippen LogP contribution in [0.4, 0.5) is 10.5 Å². The number of carbonyl (C=O) groups is 1. The molecule has 5 heteroatoms. The Labute approximate surface area is 132 Å². The Bertz CT molecular complexity index is 512. The number of urea groups is 1. The average Bonchev–Trinajstić information content (AvgIpc) is 2.27. The number of carbonyl (C=O) groups excluding carboxylic acids is 1.